The molecule has 5 aromatic rings. The summed E-state index contributed by atoms with van der Waals surface area (Å²) in [6.07, 6.45) is 4.91. The standard InChI is InChI=1S/C26H26N8O/c1-33-9-8-22(23-12-24(27)29-26-25(23)30-32-31-26)19-13-28-34(16-19)15-18-5-3-7-21(11-18)35-20-6-2-4-17(10-20)14-33/h2-7,10-13,16,22H,8-9,14-15H2,1H3,(H3,27,29,30,31,32). The van der Waals surface area contributed by atoms with Gasteiger partial charge in [-0.2, -0.15) is 15.4 Å². The van der Waals surface area contributed by atoms with E-state index in [1.807, 2.05) is 41.2 Å². The lowest BCUT2D eigenvalue weighted by Gasteiger charge is -2.22. The zero-order chi connectivity index (χ0) is 23.8. The summed E-state index contributed by atoms with van der Waals surface area (Å²) < 4.78 is 8.13. The average molecular weight is 467 g/mol. The molecule has 176 valence electrons. The van der Waals surface area contributed by atoms with Gasteiger partial charge in [0, 0.05) is 18.7 Å². The fourth-order valence-electron chi connectivity index (χ4n) is 4.77. The van der Waals surface area contributed by atoms with Crippen LogP contribution >= 0.6 is 0 Å². The second-order valence-corrected chi connectivity index (χ2v) is 9.08. The number of ether oxygens (including phenoxy) is 1. The highest BCUT2D eigenvalue weighted by Crippen LogP contribution is 2.33. The van der Waals surface area contributed by atoms with Crippen LogP contribution in [0, 0.1) is 0 Å². The Hall–Kier alpha value is -4.24. The quantitative estimate of drug-likeness (QED) is 0.385. The third kappa shape index (κ3) is 4.45. The molecule has 1 unspecified atom stereocenters. The van der Waals surface area contributed by atoms with Crippen LogP contribution in [0.1, 0.15) is 34.6 Å². The van der Waals surface area contributed by atoms with Gasteiger partial charge in [-0.25, -0.2) is 4.98 Å². The second kappa shape index (κ2) is 8.84. The average Bonchev–Trinajstić information content (AvgIpc) is 3.49. The lowest BCUT2D eigenvalue weighted by atomic mass is 9.90. The van der Waals surface area contributed by atoms with Gasteiger partial charge in [0.1, 0.15) is 22.8 Å². The van der Waals surface area contributed by atoms with Gasteiger partial charge >= 0.3 is 0 Å². The molecule has 0 radical (unpaired) electrons. The second-order valence-electron chi connectivity index (χ2n) is 9.08. The van der Waals surface area contributed by atoms with E-state index in [0.29, 0.717) is 18.0 Å². The molecule has 0 amide bonds. The fraction of sp³-hybridized carbons (Fsp3) is 0.231. The van der Waals surface area contributed by atoms with Crippen LogP contribution in [0.4, 0.5) is 5.82 Å². The Labute approximate surface area is 202 Å². The smallest absolute Gasteiger partial charge is 0.203 e. The summed E-state index contributed by atoms with van der Waals surface area (Å²) in [6.45, 7) is 2.31. The van der Waals surface area contributed by atoms with Crippen LogP contribution in [0.25, 0.3) is 11.2 Å². The Morgan fingerprint density at radius 2 is 1.77 bits per heavy atom. The van der Waals surface area contributed by atoms with E-state index in [-0.39, 0.29) is 5.92 Å². The summed E-state index contributed by atoms with van der Waals surface area (Å²) >= 11 is 0. The number of pyridine rings is 1. The van der Waals surface area contributed by atoms with Crippen LogP contribution in [0.2, 0.25) is 0 Å². The number of H-pyrrole nitrogens is 1. The minimum Gasteiger partial charge on any atom is -0.457 e. The van der Waals surface area contributed by atoms with E-state index in [1.165, 1.54) is 5.56 Å². The molecule has 1 aliphatic rings. The minimum atomic E-state index is 0.0398. The van der Waals surface area contributed by atoms with Gasteiger partial charge in [-0.1, -0.05) is 24.3 Å². The molecule has 9 nitrogen and oxygen atoms in total. The van der Waals surface area contributed by atoms with E-state index >= 15 is 0 Å². The molecule has 0 saturated carbocycles. The van der Waals surface area contributed by atoms with Gasteiger partial charge in [0.15, 0.2) is 0 Å². The van der Waals surface area contributed by atoms with E-state index in [4.69, 9.17) is 10.5 Å². The molecule has 0 spiro atoms. The van der Waals surface area contributed by atoms with Crippen molar-refractivity contribution in [2.24, 2.45) is 0 Å². The molecule has 35 heavy (non-hydrogen) atoms. The van der Waals surface area contributed by atoms with Gasteiger partial charge < -0.3 is 15.4 Å². The third-order valence-corrected chi connectivity index (χ3v) is 6.40. The predicted octanol–water partition coefficient (Wildman–Crippen LogP) is 3.94. The van der Waals surface area contributed by atoms with Crippen LogP contribution in [0.15, 0.2) is 67.0 Å². The van der Waals surface area contributed by atoms with Gasteiger partial charge in [-0.05, 0) is 72.6 Å². The molecule has 6 bridgehead atoms. The van der Waals surface area contributed by atoms with Crippen LogP contribution in [0.5, 0.6) is 11.5 Å². The van der Waals surface area contributed by atoms with E-state index < -0.39 is 0 Å². The number of aromatic amines is 1. The first-order valence-corrected chi connectivity index (χ1v) is 11.6. The molecule has 6 rings (SSSR count). The summed E-state index contributed by atoms with van der Waals surface area (Å²) in [7, 11) is 2.13. The van der Waals surface area contributed by atoms with Crippen molar-refractivity contribution in [3.63, 3.8) is 0 Å². The zero-order valence-corrected chi connectivity index (χ0v) is 19.4. The van der Waals surface area contributed by atoms with E-state index in [1.54, 1.807) is 0 Å². The number of hydrogen-bond acceptors (Lipinski definition) is 7. The zero-order valence-electron chi connectivity index (χ0n) is 19.4. The highest BCUT2D eigenvalue weighted by molar-refractivity contribution is 5.77. The number of hydrogen-bond donors (Lipinski definition) is 2. The molecule has 3 aromatic heterocycles. The van der Waals surface area contributed by atoms with Gasteiger partial charge in [-0.15, -0.1) is 5.10 Å². The first kappa shape index (κ1) is 21.3. The molecule has 2 aromatic carbocycles. The summed E-state index contributed by atoms with van der Waals surface area (Å²) in [5, 5.41) is 15.9. The molecule has 1 atom stereocenters. The number of anilines is 1. The number of nitrogens with zero attached hydrogens (tertiary/aromatic N) is 6. The van der Waals surface area contributed by atoms with Crippen molar-refractivity contribution in [1.29, 1.82) is 0 Å². The fourth-order valence-corrected chi connectivity index (χ4v) is 4.77. The molecule has 0 aliphatic carbocycles. The number of nitrogens with two attached hydrogens (primary N) is 1. The number of nitrogen functional groups attached to an aromatic ring is 1. The highest BCUT2D eigenvalue weighted by Gasteiger charge is 2.22. The number of rotatable bonds is 1. The molecule has 4 heterocycles. The molecular formula is C26H26N8O. The molecular weight excluding hydrogens is 440 g/mol. The number of nitrogens with one attached hydrogen (secondary N) is 1. The van der Waals surface area contributed by atoms with Crippen LogP contribution in [0.3, 0.4) is 0 Å². The van der Waals surface area contributed by atoms with Crippen molar-refractivity contribution < 1.29 is 4.74 Å². The van der Waals surface area contributed by atoms with Gasteiger partial charge in [0.05, 0.1) is 12.7 Å². The van der Waals surface area contributed by atoms with Crippen molar-refractivity contribution >= 4 is 17.0 Å². The van der Waals surface area contributed by atoms with Gasteiger partial charge in [0.2, 0.25) is 5.65 Å². The summed E-state index contributed by atoms with van der Waals surface area (Å²) in [5.41, 5.74) is 11.8. The Kier molecular flexibility index (Phi) is 5.38. The topological polar surface area (TPSA) is 111 Å². The lowest BCUT2D eigenvalue weighted by Crippen LogP contribution is -2.21. The summed E-state index contributed by atoms with van der Waals surface area (Å²) in [4.78, 5) is 6.64. The van der Waals surface area contributed by atoms with Crippen molar-refractivity contribution in [1.82, 2.24) is 35.1 Å². The first-order valence-electron chi connectivity index (χ1n) is 11.6. The van der Waals surface area contributed by atoms with Crippen molar-refractivity contribution in [2.75, 3.05) is 19.3 Å². The minimum absolute atomic E-state index is 0.0398. The number of benzene rings is 2. The summed E-state index contributed by atoms with van der Waals surface area (Å²) in [5.74, 6) is 2.12. The van der Waals surface area contributed by atoms with Crippen LogP contribution < -0.4 is 10.5 Å². The summed E-state index contributed by atoms with van der Waals surface area (Å²) in [6, 6.07) is 18.3. The largest absolute Gasteiger partial charge is 0.457 e. The maximum Gasteiger partial charge on any atom is 0.203 e. The predicted molar refractivity (Wildman–Crippen MR) is 133 cm³/mol. The van der Waals surface area contributed by atoms with Gasteiger partial charge in [0.25, 0.3) is 0 Å². The molecule has 3 N–H and O–H groups in total. The molecule has 0 fully saturated rings. The van der Waals surface area contributed by atoms with E-state index in [2.05, 4.69) is 67.9 Å². The maximum atomic E-state index is 6.17. The van der Waals surface area contributed by atoms with Crippen LogP contribution in [-0.2, 0) is 13.1 Å². The van der Waals surface area contributed by atoms with Crippen molar-refractivity contribution in [3.05, 3.63) is 89.2 Å². The lowest BCUT2D eigenvalue weighted by molar-refractivity contribution is 0.316. The number of aromatic nitrogens is 6. The van der Waals surface area contributed by atoms with E-state index in [0.717, 1.165) is 53.2 Å². The Balaban J connectivity index is 1.43. The molecule has 1 aliphatic heterocycles. The Morgan fingerprint density at radius 3 is 2.57 bits per heavy atom. The monoisotopic (exact) mass is 466 g/mol. The Bertz CT molecular complexity index is 1490. The van der Waals surface area contributed by atoms with Crippen molar-refractivity contribution in [2.45, 2.75) is 25.4 Å². The van der Waals surface area contributed by atoms with Crippen LogP contribution in [-0.4, -0.2) is 48.7 Å². The maximum absolute atomic E-state index is 6.17. The SMILES string of the molecule is CN1CCC(c2cc(N)nc3n[nH]nc23)c2cnn(c2)Cc2cccc(c2)Oc2cccc(c2)C1. The highest BCUT2D eigenvalue weighted by atomic mass is 16.5. The third-order valence-electron chi connectivity index (χ3n) is 6.40. The number of fused-ring (bicyclic) bond motifs is 7. The van der Waals surface area contributed by atoms with Gasteiger partial charge in [-0.3, -0.25) is 4.68 Å². The molecule has 9 heteroatoms. The van der Waals surface area contributed by atoms with E-state index in [9.17, 15) is 0 Å². The van der Waals surface area contributed by atoms with Crippen molar-refractivity contribution in [3.8, 4) is 11.5 Å². The molecule has 0 saturated heterocycles. The Morgan fingerprint density at radius 1 is 1.00 bits per heavy atom. The first-order chi connectivity index (χ1) is 17.1. The normalized spacial score (nSPS) is 16.8.